The number of aliphatic hydroxyl groups excluding tert-OH is 7. The average Bonchev–Trinajstić information content (AvgIpc) is 3.20. The first-order valence-corrected chi connectivity index (χ1v) is 21.9. The molecular formula is C43H78O14. The summed E-state index contributed by atoms with van der Waals surface area (Å²) in [6, 6.07) is 0. The van der Waals surface area contributed by atoms with Crippen LogP contribution in [-0.4, -0.2) is 142 Å². The van der Waals surface area contributed by atoms with Gasteiger partial charge in [0.25, 0.3) is 0 Å². The van der Waals surface area contributed by atoms with Gasteiger partial charge in [0.1, 0.15) is 54.9 Å². The average molecular weight is 819 g/mol. The summed E-state index contributed by atoms with van der Waals surface area (Å²) in [6.07, 6.45) is 14.1. The predicted molar refractivity (Wildman–Crippen MR) is 215 cm³/mol. The van der Waals surface area contributed by atoms with Gasteiger partial charge in [-0.1, -0.05) is 122 Å². The van der Waals surface area contributed by atoms with E-state index in [1.165, 1.54) is 51.4 Å². The van der Waals surface area contributed by atoms with Crippen LogP contribution in [-0.2, 0) is 33.2 Å². The number of rotatable bonds is 33. The smallest absolute Gasteiger partial charge is 0.306 e. The lowest BCUT2D eigenvalue weighted by atomic mass is 9.98. The number of carbonyl (C=O) groups is 1. The van der Waals surface area contributed by atoms with E-state index >= 15 is 0 Å². The molecule has 2 aliphatic heterocycles. The molecule has 2 aliphatic rings. The Morgan fingerprint density at radius 1 is 0.579 bits per heavy atom. The highest BCUT2D eigenvalue weighted by molar-refractivity contribution is 5.69. The maximum Gasteiger partial charge on any atom is 0.306 e. The van der Waals surface area contributed by atoms with Gasteiger partial charge in [-0.3, -0.25) is 4.79 Å². The minimum Gasteiger partial charge on any atom is -0.457 e. The molecule has 57 heavy (non-hydrogen) atoms. The van der Waals surface area contributed by atoms with E-state index in [0.29, 0.717) is 13.0 Å². The highest BCUT2D eigenvalue weighted by Gasteiger charge is 2.47. The van der Waals surface area contributed by atoms with E-state index < -0.39 is 80.7 Å². The van der Waals surface area contributed by atoms with Crippen LogP contribution in [0.5, 0.6) is 0 Å². The molecule has 0 spiro atoms. The number of allylic oxidation sites excluding steroid dienone is 4. The van der Waals surface area contributed by atoms with Crippen molar-refractivity contribution in [2.75, 3.05) is 33.0 Å². The van der Waals surface area contributed by atoms with Crippen molar-refractivity contribution in [3.05, 3.63) is 24.3 Å². The lowest BCUT2D eigenvalue weighted by Crippen LogP contribution is -2.61. The van der Waals surface area contributed by atoms with Crippen molar-refractivity contribution in [3.63, 3.8) is 0 Å². The fourth-order valence-electron chi connectivity index (χ4n) is 6.77. The van der Waals surface area contributed by atoms with Gasteiger partial charge in [-0.2, -0.15) is 0 Å². The van der Waals surface area contributed by atoms with Crippen LogP contribution in [0.25, 0.3) is 0 Å². The Labute approximate surface area is 341 Å². The highest BCUT2D eigenvalue weighted by Crippen LogP contribution is 2.26. The van der Waals surface area contributed by atoms with E-state index in [0.717, 1.165) is 64.2 Å². The molecule has 334 valence electrons. The molecule has 2 rings (SSSR count). The molecule has 11 atom stereocenters. The summed E-state index contributed by atoms with van der Waals surface area (Å²) in [4.78, 5) is 12.8. The molecule has 0 radical (unpaired) electrons. The van der Waals surface area contributed by atoms with Gasteiger partial charge in [-0.05, 0) is 38.5 Å². The first-order valence-electron chi connectivity index (χ1n) is 21.9. The molecule has 14 nitrogen and oxygen atoms in total. The van der Waals surface area contributed by atoms with E-state index in [1.54, 1.807) is 0 Å². The Hall–Kier alpha value is -1.53. The quantitative estimate of drug-likeness (QED) is 0.0276. The van der Waals surface area contributed by atoms with Crippen LogP contribution >= 0.6 is 0 Å². The third kappa shape index (κ3) is 21.5. The van der Waals surface area contributed by atoms with Gasteiger partial charge in [-0.25, -0.2) is 0 Å². The van der Waals surface area contributed by atoms with Crippen LogP contribution < -0.4 is 0 Å². The summed E-state index contributed by atoms with van der Waals surface area (Å²) < 4.78 is 34.0. The molecule has 2 heterocycles. The standard InChI is InChI=1S/C43H78O14/c1-3-5-7-9-11-13-14-15-16-17-18-19-21-23-25-27-52-29-32(55-35(45)26-24-22-20-12-10-8-6-4-2)30-53-42-41(51)39(49)37(47)34(57-42)31-54-43-40(50)38(48)36(46)33(28-44)56-43/h9,11,14-15,32-34,36-44,46-51H,3-8,10,12-13,16-31H2,1-2H3/b11-9-,15-14-. The number of aliphatic hydroxyl groups is 7. The second-order valence-electron chi connectivity index (χ2n) is 15.5. The largest absolute Gasteiger partial charge is 0.457 e. The van der Waals surface area contributed by atoms with Gasteiger partial charge in [-0.15, -0.1) is 0 Å². The first-order chi connectivity index (χ1) is 27.6. The zero-order chi connectivity index (χ0) is 41.7. The Bertz CT molecular complexity index is 1040. The molecule has 0 amide bonds. The molecule has 0 aromatic rings. The topological polar surface area (TPSA) is 214 Å². The Balaban J connectivity index is 1.81. The third-order valence-electron chi connectivity index (χ3n) is 10.5. The second-order valence-corrected chi connectivity index (χ2v) is 15.5. The van der Waals surface area contributed by atoms with Gasteiger partial charge in [0, 0.05) is 13.0 Å². The van der Waals surface area contributed by atoms with Crippen molar-refractivity contribution in [2.45, 2.75) is 210 Å². The Morgan fingerprint density at radius 2 is 1.11 bits per heavy atom. The van der Waals surface area contributed by atoms with Crippen molar-refractivity contribution >= 4 is 5.97 Å². The van der Waals surface area contributed by atoms with Crippen LogP contribution in [0.3, 0.4) is 0 Å². The van der Waals surface area contributed by atoms with Crippen molar-refractivity contribution in [1.82, 2.24) is 0 Å². The fraction of sp³-hybridized carbons (Fsp3) is 0.884. The lowest BCUT2D eigenvalue weighted by molar-refractivity contribution is -0.332. The highest BCUT2D eigenvalue weighted by atomic mass is 16.7. The molecule has 0 bridgehead atoms. The second kappa shape index (κ2) is 32.3. The molecule has 14 heteroatoms. The number of hydrogen-bond donors (Lipinski definition) is 7. The lowest BCUT2D eigenvalue weighted by Gasteiger charge is -2.42. The minimum absolute atomic E-state index is 0.0565. The molecule has 7 N–H and O–H groups in total. The zero-order valence-electron chi connectivity index (χ0n) is 34.8. The molecular weight excluding hydrogens is 740 g/mol. The summed E-state index contributed by atoms with van der Waals surface area (Å²) in [5.74, 6) is -0.386. The SMILES string of the molecule is CCCC/C=C\C/C=C\CCCCCCCCOCC(COC1OC(COC2OC(CO)C(O)C(O)C2O)C(O)C(O)C1O)OC(=O)CCCCCCCCCC. The molecule has 0 aromatic heterocycles. The van der Waals surface area contributed by atoms with Gasteiger partial charge < -0.3 is 64.2 Å². The summed E-state index contributed by atoms with van der Waals surface area (Å²) in [5, 5.41) is 71.7. The fourth-order valence-corrected chi connectivity index (χ4v) is 6.77. The molecule has 0 saturated carbocycles. The van der Waals surface area contributed by atoms with E-state index in [2.05, 4.69) is 38.2 Å². The van der Waals surface area contributed by atoms with Crippen LogP contribution in [0.15, 0.2) is 24.3 Å². The summed E-state index contributed by atoms with van der Waals surface area (Å²) in [7, 11) is 0. The van der Waals surface area contributed by atoms with Crippen molar-refractivity contribution in [1.29, 1.82) is 0 Å². The Morgan fingerprint density at radius 3 is 1.74 bits per heavy atom. The van der Waals surface area contributed by atoms with Crippen LogP contribution in [0.2, 0.25) is 0 Å². The number of esters is 1. The van der Waals surface area contributed by atoms with Crippen molar-refractivity contribution in [3.8, 4) is 0 Å². The molecule has 11 unspecified atom stereocenters. The summed E-state index contributed by atoms with van der Waals surface area (Å²) in [5.41, 5.74) is 0. The normalized spacial score (nSPS) is 28.7. The summed E-state index contributed by atoms with van der Waals surface area (Å²) >= 11 is 0. The van der Waals surface area contributed by atoms with Gasteiger partial charge in [0.05, 0.1) is 26.4 Å². The van der Waals surface area contributed by atoms with E-state index in [-0.39, 0.29) is 25.6 Å². The van der Waals surface area contributed by atoms with Crippen molar-refractivity contribution < 1.29 is 69.0 Å². The monoisotopic (exact) mass is 819 g/mol. The third-order valence-corrected chi connectivity index (χ3v) is 10.5. The van der Waals surface area contributed by atoms with Crippen LogP contribution in [0.4, 0.5) is 0 Å². The zero-order valence-corrected chi connectivity index (χ0v) is 34.8. The first kappa shape index (κ1) is 51.6. The number of carbonyl (C=O) groups excluding carboxylic acids is 1. The van der Waals surface area contributed by atoms with Gasteiger partial charge in [0.2, 0.25) is 0 Å². The number of unbranched alkanes of at least 4 members (excludes halogenated alkanes) is 15. The number of ether oxygens (including phenoxy) is 6. The van der Waals surface area contributed by atoms with Crippen LogP contribution in [0.1, 0.15) is 142 Å². The van der Waals surface area contributed by atoms with Gasteiger partial charge >= 0.3 is 5.97 Å². The Kier molecular flexibility index (Phi) is 29.2. The van der Waals surface area contributed by atoms with E-state index in [1.807, 2.05) is 0 Å². The molecule has 2 fully saturated rings. The van der Waals surface area contributed by atoms with E-state index in [9.17, 15) is 40.5 Å². The minimum atomic E-state index is -1.70. The van der Waals surface area contributed by atoms with Gasteiger partial charge in [0.15, 0.2) is 12.6 Å². The maximum atomic E-state index is 12.8. The predicted octanol–water partition coefficient (Wildman–Crippen LogP) is 4.51. The molecule has 0 aliphatic carbocycles. The molecule has 2 saturated heterocycles. The van der Waals surface area contributed by atoms with E-state index in [4.69, 9.17) is 28.4 Å². The summed E-state index contributed by atoms with van der Waals surface area (Å²) in [6.45, 7) is 3.57. The molecule has 0 aromatic carbocycles. The van der Waals surface area contributed by atoms with Crippen molar-refractivity contribution in [2.24, 2.45) is 0 Å². The number of hydrogen-bond acceptors (Lipinski definition) is 14. The maximum absolute atomic E-state index is 12.8. The van der Waals surface area contributed by atoms with Crippen LogP contribution in [0, 0.1) is 0 Å².